The van der Waals surface area contributed by atoms with Crippen molar-refractivity contribution < 1.29 is 9.53 Å². The molecule has 0 saturated carbocycles. The van der Waals surface area contributed by atoms with Crippen LogP contribution in [0.25, 0.3) is 5.69 Å². The number of carbonyl (C=O) groups excluding carboxylic acids is 1. The molecule has 3 rings (SSSR count). The van der Waals surface area contributed by atoms with Crippen molar-refractivity contribution in [3.8, 4) is 11.4 Å². The summed E-state index contributed by atoms with van der Waals surface area (Å²) in [4.78, 5) is 16.5. The Morgan fingerprint density at radius 3 is 2.52 bits per heavy atom. The lowest BCUT2D eigenvalue weighted by atomic mass is 10.1. The summed E-state index contributed by atoms with van der Waals surface area (Å²) in [7, 11) is 0. The minimum Gasteiger partial charge on any atom is -0.494 e. The Kier molecular flexibility index (Phi) is 6.26. The van der Waals surface area contributed by atoms with Gasteiger partial charge < -0.3 is 14.6 Å². The van der Waals surface area contributed by atoms with Gasteiger partial charge in [-0.1, -0.05) is 25.5 Å². The number of ether oxygens (including phenoxy) is 1. The number of amides is 1. The van der Waals surface area contributed by atoms with E-state index < -0.39 is 0 Å². The molecule has 0 spiro atoms. The van der Waals surface area contributed by atoms with Crippen LogP contribution in [0.4, 0.5) is 0 Å². The predicted octanol–water partition coefficient (Wildman–Crippen LogP) is 4.54. The van der Waals surface area contributed by atoms with Gasteiger partial charge in [-0.3, -0.25) is 4.79 Å². The first-order valence-corrected chi connectivity index (χ1v) is 9.29. The lowest BCUT2D eigenvalue weighted by Gasteiger charge is -2.15. The van der Waals surface area contributed by atoms with E-state index in [4.69, 9.17) is 4.74 Å². The second-order valence-corrected chi connectivity index (χ2v) is 6.48. The zero-order valence-electron chi connectivity index (χ0n) is 15.8. The van der Waals surface area contributed by atoms with E-state index in [9.17, 15) is 4.79 Å². The molecule has 1 atom stereocenters. The smallest absolute Gasteiger partial charge is 0.251 e. The molecule has 1 unspecified atom stereocenters. The normalized spacial score (nSPS) is 11.8. The lowest BCUT2D eigenvalue weighted by Crippen LogP contribution is -2.26. The molecule has 1 N–H and O–H groups in total. The Morgan fingerprint density at radius 2 is 1.89 bits per heavy atom. The number of hydrogen-bond donors (Lipinski definition) is 1. The van der Waals surface area contributed by atoms with Gasteiger partial charge in [0.15, 0.2) is 0 Å². The number of nitrogens with one attached hydrogen (secondary N) is 1. The summed E-state index contributed by atoms with van der Waals surface area (Å²) in [5.74, 6) is 0.699. The Hall–Kier alpha value is -3.08. The van der Waals surface area contributed by atoms with Crippen LogP contribution < -0.4 is 10.1 Å². The second kappa shape index (κ2) is 9.03. The second-order valence-electron chi connectivity index (χ2n) is 6.48. The van der Waals surface area contributed by atoms with Crippen LogP contribution in [0.5, 0.6) is 5.75 Å². The molecule has 0 aliphatic heterocycles. The molecule has 1 heterocycles. The molecule has 2 aromatic carbocycles. The van der Waals surface area contributed by atoms with Gasteiger partial charge in [-0.2, -0.15) is 0 Å². The molecule has 0 radical (unpaired) electrons. The van der Waals surface area contributed by atoms with Crippen LogP contribution in [0.15, 0.2) is 67.3 Å². The minimum absolute atomic E-state index is 0.0881. The number of imidazole rings is 1. The summed E-state index contributed by atoms with van der Waals surface area (Å²) in [5.41, 5.74) is 2.71. The molecule has 0 aliphatic carbocycles. The highest BCUT2D eigenvalue weighted by Gasteiger charge is 2.12. The lowest BCUT2D eigenvalue weighted by molar-refractivity contribution is 0.0940. The number of aromatic nitrogens is 2. The van der Waals surface area contributed by atoms with E-state index >= 15 is 0 Å². The monoisotopic (exact) mass is 363 g/mol. The molecule has 0 fully saturated rings. The standard InChI is InChI=1S/C22H25N3O2/c1-3-4-15-27-21-11-7-19(8-12-21)22(26)24-17(2)18-5-9-20(10-6-18)25-14-13-23-16-25/h5-14,16-17H,3-4,15H2,1-2H3,(H,24,26). The SMILES string of the molecule is CCCCOc1ccc(C(=O)NC(C)c2ccc(-n3ccnc3)cc2)cc1. The van der Waals surface area contributed by atoms with Crippen LogP contribution in [0.1, 0.15) is 48.7 Å². The summed E-state index contributed by atoms with van der Waals surface area (Å²) in [6.07, 6.45) is 7.53. The summed E-state index contributed by atoms with van der Waals surface area (Å²) in [6.45, 7) is 4.81. The Balaban J connectivity index is 1.58. The van der Waals surface area contributed by atoms with Crippen molar-refractivity contribution in [3.63, 3.8) is 0 Å². The maximum atomic E-state index is 12.5. The van der Waals surface area contributed by atoms with Gasteiger partial charge in [0.1, 0.15) is 5.75 Å². The Labute approximate surface area is 160 Å². The molecular weight excluding hydrogens is 338 g/mol. The number of carbonyl (C=O) groups is 1. The van der Waals surface area contributed by atoms with E-state index in [1.807, 2.05) is 54.1 Å². The van der Waals surface area contributed by atoms with Crippen LogP contribution in [0, 0.1) is 0 Å². The van der Waals surface area contributed by atoms with Gasteiger partial charge >= 0.3 is 0 Å². The number of rotatable bonds is 8. The number of nitrogens with zero attached hydrogens (tertiary/aromatic N) is 2. The quantitative estimate of drug-likeness (QED) is 0.598. The highest BCUT2D eigenvalue weighted by Crippen LogP contribution is 2.17. The first kappa shape index (κ1) is 18.7. The van der Waals surface area contributed by atoms with Crippen molar-refractivity contribution in [2.24, 2.45) is 0 Å². The molecule has 27 heavy (non-hydrogen) atoms. The summed E-state index contributed by atoms with van der Waals surface area (Å²) in [6, 6.07) is 15.3. The summed E-state index contributed by atoms with van der Waals surface area (Å²) >= 11 is 0. The third kappa shape index (κ3) is 4.97. The fourth-order valence-corrected chi connectivity index (χ4v) is 2.75. The molecule has 5 nitrogen and oxygen atoms in total. The molecule has 5 heteroatoms. The van der Waals surface area contributed by atoms with Gasteiger partial charge in [-0.25, -0.2) is 4.98 Å². The van der Waals surface area contributed by atoms with E-state index in [0.29, 0.717) is 12.2 Å². The molecule has 0 saturated heterocycles. The van der Waals surface area contributed by atoms with E-state index in [1.165, 1.54) is 0 Å². The fraction of sp³-hybridized carbons (Fsp3) is 0.273. The molecule has 1 amide bonds. The summed E-state index contributed by atoms with van der Waals surface area (Å²) in [5, 5.41) is 3.04. The molecule has 3 aromatic rings. The maximum Gasteiger partial charge on any atom is 0.251 e. The van der Waals surface area contributed by atoms with Crippen LogP contribution in [-0.4, -0.2) is 22.1 Å². The third-order valence-corrected chi connectivity index (χ3v) is 4.43. The number of benzene rings is 2. The van der Waals surface area contributed by atoms with Crippen molar-refractivity contribution >= 4 is 5.91 Å². The van der Waals surface area contributed by atoms with Crippen LogP contribution in [-0.2, 0) is 0 Å². The van der Waals surface area contributed by atoms with E-state index in [0.717, 1.165) is 29.8 Å². The molecule has 140 valence electrons. The van der Waals surface area contributed by atoms with Crippen LogP contribution >= 0.6 is 0 Å². The molecule has 1 aromatic heterocycles. The van der Waals surface area contributed by atoms with Gasteiger partial charge in [0, 0.05) is 23.6 Å². The van der Waals surface area contributed by atoms with Crippen molar-refractivity contribution in [2.75, 3.05) is 6.61 Å². The first-order valence-electron chi connectivity index (χ1n) is 9.29. The third-order valence-electron chi connectivity index (χ3n) is 4.43. The van der Waals surface area contributed by atoms with Crippen molar-refractivity contribution in [1.29, 1.82) is 0 Å². The number of unbranched alkanes of at least 4 members (excludes halogenated alkanes) is 1. The predicted molar refractivity (Wildman–Crippen MR) is 106 cm³/mol. The molecule has 0 aliphatic rings. The Morgan fingerprint density at radius 1 is 1.15 bits per heavy atom. The van der Waals surface area contributed by atoms with Crippen molar-refractivity contribution in [3.05, 3.63) is 78.4 Å². The minimum atomic E-state index is -0.0960. The largest absolute Gasteiger partial charge is 0.494 e. The van der Waals surface area contributed by atoms with Gasteiger partial charge in [0.25, 0.3) is 5.91 Å². The van der Waals surface area contributed by atoms with Crippen LogP contribution in [0.2, 0.25) is 0 Å². The van der Waals surface area contributed by atoms with E-state index in [-0.39, 0.29) is 11.9 Å². The molecule has 0 bridgehead atoms. The highest BCUT2D eigenvalue weighted by atomic mass is 16.5. The number of hydrogen-bond acceptors (Lipinski definition) is 3. The average Bonchev–Trinajstić information content (AvgIpc) is 3.23. The van der Waals surface area contributed by atoms with Gasteiger partial charge in [0.05, 0.1) is 19.0 Å². The average molecular weight is 363 g/mol. The van der Waals surface area contributed by atoms with Crippen LogP contribution in [0.3, 0.4) is 0 Å². The topological polar surface area (TPSA) is 56.1 Å². The van der Waals surface area contributed by atoms with Gasteiger partial charge in [-0.05, 0) is 55.3 Å². The van der Waals surface area contributed by atoms with E-state index in [1.54, 1.807) is 24.7 Å². The van der Waals surface area contributed by atoms with E-state index in [2.05, 4.69) is 17.2 Å². The zero-order valence-corrected chi connectivity index (χ0v) is 15.8. The first-order chi connectivity index (χ1) is 13.2. The Bertz CT molecular complexity index is 840. The van der Waals surface area contributed by atoms with Gasteiger partial charge in [0.2, 0.25) is 0 Å². The maximum absolute atomic E-state index is 12.5. The van der Waals surface area contributed by atoms with Gasteiger partial charge in [-0.15, -0.1) is 0 Å². The summed E-state index contributed by atoms with van der Waals surface area (Å²) < 4.78 is 7.58. The fourth-order valence-electron chi connectivity index (χ4n) is 2.75. The van der Waals surface area contributed by atoms with Crippen molar-refractivity contribution in [1.82, 2.24) is 14.9 Å². The highest BCUT2D eigenvalue weighted by molar-refractivity contribution is 5.94. The molecular formula is C22H25N3O2. The zero-order chi connectivity index (χ0) is 19.1. The van der Waals surface area contributed by atoms with Crippen molar-refractivity contribution in [2.45, 2.75) is 32.7 Å².